The maximum absolute atomic E-state index is 10.8. The molecule has 0 heterocycles. The van der Waals surface area contributed by atoms with Gasteiger partial charge in [0, 0.05) is 6.42 Å². The van der Waals surface area contributed by atoms with Gasteiger partial charge >= 0.3 is 17.9 Å². The van der Waals surface area contributed by atoms with Gasteiger partial charge in [-0.1, -0.05) is 0 Å². The van der Waals surface area contributed by atoms with Crippen molar-refractivity contribution in [1.82, 2.24) is 0 Å². The van der Waals surface area contributed by atoms with Crippen LogP contribution in [0.5, 0.6) is 0 Å². The molecule has 0 aromatic carbocycles. The Labute approximate surface area is 85.3 Å². The van der Waals surface area contributed by atoms with Gasteiger partial charge in [0.25, 0.3) is 0 Å². The molecule has 86 valence electrons. The largest absolute Gasteiger partial charge is 0.481 e. The van der Waals surface area contributed by atoms with Crippen LogP contribution < -0.4 is 0 Å². The Hall–Kier alpha value is -1.63. The van der Waals surface area contributed by atoms with Gasteiger partial charge in [-0.05, 0) is 6.42 Å². The fraction of sp³-hybridized carbons (Fsp3) is 0.625. The zero-order valence-electron chi connectivity index (χ0n) is 8.04. The van der Waals surface area contributed by atoms with E-state index in [-0.39, 0.29) is 6.42 Å². The van der Waals surface area contributed by atoms with E-state index in [1.54, 1.807) is 0 Å². The SMILES string of the molecule is COC(=O)[C@H](O)[C@H](CCC(=O)O)C(=O)O. The highest BCUT2D eigenvalue weighted by molar-refractivity contribution is 5.83. The maximum Gasteiger partial charge on any atom is 0.335 e. The molecule has 0 rings (SSSR count). The number of hydrogen-bond donors (Lipinski definition) is 3. The molecule has 0 saturated carbocycles. The Morgan fingerprint density at radius 3 is 2.13 bits per heavy atom. The van der Waals surface area contributed by atoms with Crippen molar-refractivity contribution in [3.63, 3.8) is 0 Å². The van der Waals surface area contributed by atoms with E-state index in [9.17, 15) is 19.5 Å². The van der Waals surface area contributed by atoms with E-state index in [4.69, 9.17) is 10.2 Å². The Morgan fingerprint density at radius 1 is 1.27 bits per heavy atom. The number of rotatable bonds is 6. The second-order valence-corrected chi connectivity index (χ2v) is 2.85. The molecular weight excluding hydrogens is 208 g/mol. The van der Waals surface area contributed by atoms with Crippen LogP contribution in [0.2, 0.25) is 0 Å². The summed E-state index contributed by atoms with van der Waals surface area (Å²) < 4.78 is 4.15. The smallest absolute Gasteiger partial charge is 0.335 e. The molecule has 0 spiro atoms. The van der Waals surface area contributed by atoms with Crippen LogP contribution in [0.4, 0.5) is 0 Å². The predicted octanol–water partition coefficient (Wildman–Crippen LogP) is -0.914. The third kappa shape index (κ3) is 4.41. The predicted molar refractivity (Wildman–Crippen MR) is 46.0 cm³/mol. The highest BCUT2D eigenvalue weighted by Gasteiger charge is 2.32. The Kier molecular flexibility index (Phi) is 5.32. The molecule has 0 saturated heterocycles. The van der Waals surface area contributed by atoms with Crippen molar-refractivity contribution in [3.05, 3.63) is 0 Å². The van der Waals surface area contributed by atoms with E-state index in [0.717, 1.165) is 7.11 Å². The molecule has 0 amide bonds. The minimum atomic E-state index is -1.84. The van der Waals surface area contributed by atoms with Gasteiger partial charge in [0.15, 0.2) is 6.10 Å². The van der Waals surface area contributed by atoms with Gasteiger partial charge in [0.1, 0.15) is 0 Å². The highest BCUT2D eigenvalue weighted by Crippen LogP contribution is 2.13. The van der Waals surface area contributed by atoms with Crippen molar-refractivity contribution < 1.29 is 34.4 Å². The number of aliphatic hydroxyl groups excluding tert-OH is 1. The summed E-state index contributed by atoms with van der Waals surface area (Å²) in [5.41, 5.74) is 0. The Bertz CT molecular complexity index is 260. The monoisotopic (exact) mass is 220 g/mol. The van der Waals surface area contributed by atoms with Crippen molar-refractivity contribution in [2.75, 3.05) is 7.11 Å². The van der Waals surface area contributed by atoms with Gasteiger partial charge < -0.3 is 20.1 Å². The number of carboxylic acid groups (broad SMARTS) is 2. The molecule has 0 unspecified atom stereocenters. The number of methoxy groups -OCH3 is 1. The minimum absolute atomic E-state index is 0.332. The summed E-state index contributed by atoms with van der Waals surface area (Å²) in [6, 6.07) is 0. The van der Waals surface area contributed by atoms with E-state index >= 15 is 0 Å². The van der Waals surface area contributed by atoms with Crippen LogP contribution in [0, 0.1) is 5.92 Å². The molecule has 0 bridgehead atoms. The van der Waals surface area contributed by atoms with Crippen molar-refractivity contribution in [3.8, 4) is 0 Å². The number of esters is 1. The van der Waals surface area contributed by atoms with Gasteiger partial charge in [-0.2, -0.15) is 0 Å². The lowest BCUT2D eigenvalue weighted by atomic mass is 9.97. The Morgan fingerprint density at radius 2 is 1.80 bits per heavy atom. The normalized spacial score (nSPS) is 14.0. The molecule has 0 fully saturated rings. The fourth-order valence-corrected chi connectivity index (χ4v) is 0.980. The van der Waals surface area contributed by atoms with E-state index in [2.05, 4.69) is 4.74 Å². The van der Waals surface area contributed by atoms with E-state index in [0.29, 0.717) is 0 Å². The van der Waals surface area contributed by atoms with Gasteiger partial charge in [-0.15, -0.1) is 0 Å². The topological polar surface area (TPSA) is 121 Å². The molecule has 0 aliphatic heterocycles. The number of hydrogen-bond acceptors (Lipinski definition) is 5. The number of ether oxygens (including phenoxy) is 1. The molecule has 7 heteroatoms. The summed E-state index contributed by atoms with van der Waals surface area (Å²) in [5.74, 6) is -5.19. The van der Waals surface area contributed by atoms with Crippen LogP contribution in [0.15, 0.2) is 0 Å². The second-order valence-electron chi connectivity index (χ2n) is 2.85. The number of carbonyl (C=O) groups is 3. The Balaban J connectivity index is 4.45. The van der Waals surface area contributed by atoms with Crippen molar-refractivity contribution in [2.45, 2.75) is 18.9 Å². The zero-order chi connectivity index (χ0) is 12.0. The first-order valence-corrected chi connectivity index (χ1v) is 4.10. The van der Waals surface area contributed by atoms with Crippen LogP contribution in [-0.2, 0) is 19.1 Å². The third-order valence-electron chi connectivity index (χ3n) is 1.81. The highest BCUT2D eigenvalue weighted by atomic mass is 16.5. The molecule has 2 atom stereocenters. The number of carboxylic acids is 2. The molecule has 15 heavy (non-hydrogen) atoms. The molecule has 3 N–H and O–H groups in total. The summed E-state index contributed by atoms with van der Waals surface area (Å²) in [7, 11) is 1.00. The van der Waals surface area contributed by atoms with E-state index in [1.807, 2.05) is 0 Å². The van der Waals surface area contributed by atoms with Crippen LogP contribution in [0.1, 0.15) is 12.8 Å². The first-order valence-electron chi connectivity index (χ1n) is 4.10. The second kappa shape index (κ2) is 5.97. The molecule has 7 nitrogen and oxygen atoms in total. The fourth-order valence-electron chi connectivity index (χ4n) is 0.980. The third-order valence-corrected chi connectivity index (χ3v) is 1.81. The molecule has 0 aliphatic carbocycles. The summed E-state index contributed by atoms with van der Waals surface area (Å²) in [4.78, 5) is 31.6. The van der Waals surface area contributed by atoms with E-state index < -0.39 is 36.4 Å². The number of aliphatic hydroxyl groups is 1. The average Bonchev–Trinajstić information content (AvgIpc) is 2.15. The minimum Gasteiger partial charge on any atom is -0.481 e. The lowest BCUT2D eigenvalue weighted by molar-refractivity contribution is -0.162. The van der Waals surface area contributed by atoms with Crippen molar-refractivity contribution >= 4 is 17.9 Å². The lowest BCUT2D eigenvalue weighted by Gasteiger charge is -2.15. The average molecular weight is 220 g/mol. The quantitative estimate of drug-likeness (QED) is 0.495. The molecule has 0 aromatic heterocycles. The van der Waals surface area contributed by atoms with Gasteiger partial charge in [-0.3, -0.25) is 9.59 Å². The molecule has 0 radical (unpaired) electrons. The molecular formula is C8H12O7. The standard InChI is InChI=1S/C8H12O7/c1-15-8(14)6(11)4(7(12)13)2-3-5(9)10/h4,6,11H,2-3H2,1H3,(H,9,10)(H,12,13)/t4-,6+/m0/s1. The zero-order valence-corrected chi connectivity index (χ0v) is 8.04. The number of carbonyl (C=O) groups excluding carboxylic acids is 1. The van der Waals surface area contributed by atoms with Crippen molar-refractivity contribution in [2.24, 2.45) is 5.92 Å². The summed E-state index contributed by atoms with van der Waals surface area (Å²) in [5, 5.41) is 26.2. The van der Waals surface area contributed by atoms with Gasteiger partial charge in [-0.25, -0.2) is 4.79 Å². The summed E-state index contributed by atoms with van der Waals surface area (Å²) in [6.45, 7) is 0. The van der Waals surface area contributed by atoms with Crippen LogP contribution in [0.25, 0.3) is 0 Å². The molecule has 0 aromatic rings. The van der Waals surface area contributed by atoms with Crippen molar-refractivity contribution in [1.29, 1.82) is 0 Å². The van der Waals surface area contributed by atoms with Crippen LogP contribution in [0.3, 0.4) is 0 Å². The van der Waals surface area contributed by atoms with Crippen LogP contribution in [-0.4, -0.2) is 46.4 Å². The summed E-state index contributed by atoms with van der Waals surface area (Å²) in [6.07, 6.45) is -2.61. The van der Waals surface area contributed by atoms with Gasteiger partial charge in [0.2, 0.25) is 0 Å². The molecule has 0 aliphatic rings. The first kappa shape index (κ1) is 13.4. The van der Waals surface area contributed by atoms with Crippen LogP contribution >= 0.6 is 0 Å². The summed E-state index contributed by atoms with van der Waals surface area (Å²) >= 11 is 0. The maximum atomic E-state index is 10.8. The first-order chi connectivity index (χ1) is 6.90. The number of aliphatic carboxylic acids is 2. The van der Waals surface area contributed by atoms with Gasteiger partial charge in [0.05, 0.1) is 13.0 Å². The van der Waals surface area contributed by atoms with E-state index in [1.165, 1.54) is 0 Å². The lowest BCUT2D eigenvalue weighted by Crippen LogP contribution is -2.36.